The minimum absolute atomic E-state index is 0.111. The number of fused-ring (bicyclic) bond motifs is 1. The van der Waals surface area contributed by atoms with Gasteiger partial charge in [-0.2, -0.15) is 0 Å². The molecule has 1 amide bonds. The van der Waals surface area contributed by atoms with Gasteiger partial charge < -0.3 is 10.2 Å². The molecule has 5 nitrogen and oxygen atoms in total. The average molecular weight is 361 g/mol. The van der Waals surface area contributed by atoms with E-state index in [1.807, 2.05) is 0 Å². The van der Waals surface area contributed by atoms with Gasteiger partial charge in [0.05, 0.1) is 5.39 Å². The maximum atomic E-state index is 12.5. The number of carbonyl (C=O) groups is 1. The normalized spacial score (nSPS) is 17.3. The van der Waals surface area contributed by atoms with Crippen LogP contribution in [0.5, 0.6) is 0 Å². The highest BCUT2D eigenvalue weighted by Crippen LogP contribution is 2.35. The number of nitrogens with zero attached hydrogens (tertiary/aromatic N) is 3. The van der Waals surface area contributed by atoms with Crippen molar-refractivity contribution in [1.29, 1.82) is 0 Å². The minimum atomic E-state index is 0.111. The van der Waals surface area contributed by atoms with Crippen LogP contribution in [-0.4, -0.2) is 35.0 Å². The second kappa shape index (κ2) is 7.28. The van der Waals surface area contributed by atoms with Gasteiger partial charge in [0, 0.05) is 29.9 Å². The molecule has 1 saturated heterocycles. The number of rotatable bonds is 4. The fourth-order valence-electron chi connectivity index (χ4n) is 3.27. The average Bonchev–Trinajstić information content (AvgIpc) is 2.89. The van der Waals surface area contributed by atoms with Crippen LogP contribution in [0.2, 0.25) is 0 Å². The van der Waals surface area contributed by atoms with Gasteiger partial charge >= 0.3 is 0 Å². The molecule has 136 valence electrons. The number of aromatic nitrogens is 2. The highest BCUT2D eigenvalue weighted by molar-refractivity contribution is 7.18. The third-order valence-corrected chi connectivity index (χ3v) is 6.60. The summed E-state index contributed by atoms with van der Waals surface area (Å²) in [5.74, 6) is 1.81. The molecular weight excluding hydrogens is 332 g/mol. The summed E-state index contributed by atoms with van der Waals surface area (Å²) in [5, 5.41) is 4.35. The molecule has 0 radical (unpaired) electrons. The highest BCUT2D eigenvalue weighted by Gasteiger charge is 2.28. The van der Waals surface area contributed by atoms with Gasteiger partial charge in [-0.15, -0.1) is 11.3 Å². The van der Waals surface area contributed by atoms with E-state index >= 15 is 0 Å². The fraction of sp³-hybridized carbons (Fsp3) is 0.632. The Hall–Kier alpha value is -1.69. The molecule has 0 bridgehead atoms. The molecule has 0 aromatic carbocycles. The lowest BCUT2D eigenvalue weighted by Gasteiger charge is -2.33. The molecule has 1 aliphatic heterocycles. The summed E-state index contributed by atoms with van der Waals surface area (Å²) < 4.78 is 0. The Labute approximate surface area is 153 Å². The molecule has 2 aromatic heterocycles. The third-order valence-electron chi connectivity index (χ3n) is 5.48. The largest absolute Gasteiger partial charge is 0.356 e. The lowest BCUT2D eigenvalue weighted by Crippen LogP contribution is -2.44. The Morgan fingerprint density at radius 1 is 1.24 bits per heavy atom. The third kappa shape index (κ3) is 3.64. The van der Waals surface area contributed by atoms with Crippen LogP contribution in [-0.2, 0) is 4.79 Å². The summed E-state index contributed by atoms with van der Waals surface area (Å²) in [5.41, 5.74) is 1.28. The summed E-state index contributed by atoms with van der Waals surface area (Å²) in [6, 6.07) is 0.225. The monoisotopic (exact) mass is 360 g/mol. The lowest BCUT2D eigenvalue weighted by molar-refractivity contribution is -0.126. The highest BCUT2D eigenvalue weighted by atomic mass is 32.1. The van der Waals surface area contributed by atoms with Crippen molar-refractivity contribution in [2.45, 2.75) is 53.5 Å². The van der Waals surface area contributed by atoms with E-state index in [1.165, 1.54) is 15.8 Å². The molecule has 1 N–H and O–H groups in total. The molecule has 3 rings (SSSR count). The Morgan fingerprint density at radius 3 is 2.56 bits per heavy atom. The Balaban J connectivity index is 1.70. The van der Waals surface area contributed by atoms with Crippen molar-refractivity contribution in [2.24, 2.45) is 11.8 Å². The molecule has 25 heavy (non-hydrogen) atoms. The van der Waals surface area contributed by atoms with Crippen LogP contribution in [0, 0.1) is 25.7 Å². The van der Waals surface area contributed by atoms with Gasteiger partial charge in [-0.1, -0.05) is 13.8 Å². The number of aryl methyl sites for hydroxylation is 2. The van der Waals surface area contributed by atoms with Gasteiger partial charge in [0.15, 0.2) is 0 Å². The van der Waals surface area contributed by atoms with E-state index in [0.29, 0.717) is 5.92 Å². The number of hydrogen-bond donors (Lipinski definition) is 1. The van der Waals surface area contributed by atoms with E-state index in [2.05, 4.69) is 54.8 Å². The first-order valence-corrected chi connectivity index (χ1v) is 9.96. The second-order valence-electron chi connectivity index (χ2n) is 7.46. The van der Waals surface area contributed by atoms with Gasteiger partial charge in [0.25, 0.3) is 0 Å². The second-order valence-corrected chi connectivity index (χ2v) is 8.67. The van der Waals surface area contributed by atoms with Crippen LogP contribution in [0.25, 0.3) is 10.2 Å². The van der Waals surface area contributed by atoms with Crippen molar-refractivity contribution in [3.8, 4) is 0 Å². The van der Waals surface area contributed by atoms with Gasteiger partial charge in [-0.05, 0) is 45.1 Å². The summed E-state index contributed by atoms with van der Waals surface area (Å²) >= 11 is 1.73. The zero-order valence-corrected chi connectivity index (χ0v) is 16.6. The first kappa shape index (κ1) is 18.1. The van der Waals surface area contributed by atoms with Crippen LogP contribution in [0.4, 0.5) is 5.82 Å². The Bertz CT molecular complexity index is 762. The number of carbonyl (C=O) groups excluding carboxylic acids is 1. The predicted octanol–water partition coefficient (Wildman–Crippen LogP) is 3.69. The maximum absolute atomic E-state index is 12.5. The SMILES string of the molecule is Cc1sc2ncnc(N3CCC(C(=O)N[C@@H](C)C(C)C)CC3)c2c1C. The molecule has 0 unspecified atom stereocenters. The summed E-state index contributed by atoms with van der Waals surface area (Å²) in [7, 11) is 0. The molecule has 2 aromatic rings. The summed E-state index contributed by atoms with van der Waals surface area (Å²) in [4.78, 5) is 26.1. The molecule has 0 aliphatic carbocycles. The van der Waals surface area contributed by atoms with E-state index in [9.17, 15) is 4.79 Å². The van der Waals surface area contributed by atoms with E-state index in [-0.39, 0.29) is 17.9 Å². The standard InChI is InChI=1S/C19H28N4OS/c1-11(2)13(4)22-18(24)15-6-8-23(9-7-15)17-16-12(3)14(5)25-19(16)21-10-20-17/h10-11,13,15H,6-9H2,1-5H3,(H,22,24)/t13-/m0/s1. The Kier molecular flexibility index (Phi) is 5.27. The van der Waals surface area contributed by atoms with Crippen LogP contribution >= 0.6 is 11.3 Å². The van der Waals surface area contributed by atoms with Crippen LogP contribution in [0.15, 0.2) is 6.33 Å². The van der Waals surface area contributed by atoms with Crippen molar-refractivity contribution in [1.82, 2.24) is 15.3 Å². The van der Waals surface area contributed by atoms with Gasteiger partial charge in [-0.3, -0.25) is 4.79 Å². The fourth-order valence-corrected chi connectivity index (χ4v) is 4.26. The molecule has 1 fully saturated rings. The first-order valence-electron chi connectivity index (χ1n) is 9.14. The van der Waals surface area contributed by atoms with Crippen LogP contribution < -0.4 is 10.2 Å². The first-order chi connectivity index (χ1) is 11.9. The molecule has 1 atom stereocenters. The maximum Gasteiger partial charge on any atom is 0.223 e. The summed E-state index contributed by atoms with van der Waals surface area (Å²) in [6.45, 7) is 12.4. The minimum Gasteiger partial charge on any atom is -0.356 e. The zero-order valence-electron chi connectivity index (χ0n) is 15.8. The van der Waals surface area contributed by atoms with Crippen molar-refractivity contribution in [2.75, 3.05) is 18.0 Å². The summed E-state index contributed by atoms with van der Waals surface area (Å²) in [6.07, 6.45) is 3.42. The number of nitrogens with one attached hydrogen (secondary N) is 1. The molecule has 3 heterocycles. The number of piperidine rings is 1. The lowest BCUT2D eigenvalue weighted by atomic mass is 9.94. The molecule has 6 heteroatoms. The number of anilines is 1. The van der Waals surface area contributed by atoms with E-state index in [4.69, 9.17) is 0 Å². The predicted molar refractivity (Wildman–Crippen MR) is 104 cm³/mol. The zero-order chi connectivity index (χ0) is 18.1. The van der Waals surface area contributed by atoms with Gasteiger partial charge in [0.1, 0.15) is 17.0 Å². The van der Waals surface area contributed by atoms with E-state index in [0.717, 1.165) is 36.6 Å². The van der Waals surface area contributed by atoms with Crippen molar-refractivity contribution >= 4 is 33.3 Å². The van der Waals surface area contributed by atoms with Gasteiger partial charge in [0.2, 0.25) is 5.91 Å². The van der Waals surface area contributed by atoms with Crippen LogP contribution in [0.1, 0.15) is 44.1 Å². The van der Waals surface area contributed by atoms with Crippen LogP contribution in [0.3, 0.4) is 0 Å². The topological polar surface area (TPSA) is 58.1 Å². The Morgan fingerprint density at radius 2 is 1.92 bits per heavy atom. The quantitative estimate of drug-likeness (QED) is 0.903. The molecule has 0 saturated carbocycles. The van der Waals surface area contributed by atoms with E-state index < -0.39 is 0 Å². The van der Waals surface area contributed by atoms with Crippen molar-refractivity contribution in [3.63, 3.8) is 0 Å². The molecule has 0 spiro atoms. The van der Waals surface area contributed by atoms with Crippen molar-refractivity contribution in [3.05, 3.63) is 16.8 Å². The number of thiophene rings is 1. The number of amides is 1. The smallest absolute Gasteiger partial charge is 0.223 e. The van der Waals surface area contributed by atoms with Gasteiger partial charge in [-0.25, -0.2) is 9.97 Å². The van der Waals surface area contributed by atoms with Crippen molar-refractivity contribution < 1.29 is 4.79 Å². The number of hydrogen-bond acceptors (Lipinski definition) is 5. The van der Waals surface area contributed by atoms with E-state index in [1.54, 1.807) is 17.7 Å². The molecule has 1 aliphatic rings. The molecular formula is C19H28N4OS.